The van der Waals surface area contributed by atoms with Crippen molar-refractivity contribution in [2.24, 2.45) is 5.73 Å². The molecule has 0 bridgehead atoms. The zero-order chi connectivity index (χ0) is 16.0. The fraction of sp³-hybridized carbons (Fsp3) is 0.462. The van der Waals surface area contributed by atoms with Gasteiger partial charge in [0, 0.05) is 6.04 Å². The first kappa shape index (κ1) is 17.2. The predicted molar refractivity (Wildman–Crippen MR) is 66.2 cm³/mol. The largest absolute Gasteiger partial charge is 0.466 e. The number of esters is 1. The Morgan fingerprint density at radius 1 is 1.29 bits per heavy atom. The van der Waals surface area contributed by atoms with E-state index in [1.165, 1.54) is 12.1 Å². The van der Waals surface area contributed by atoms with E-state index in [1.807, 2.05) is 0 Å². The molecule has 1 atom stereocenters. The summed E-state index contributed by atoms with van der Waals surface area (Å²) in [4.78, 5) is 11.2. The van der Waals surface area contributed by atoms with Gasteiger partial charge in [-0.15, -0.1) is 0 Å². The van der Waals surface area contributed by atoms with E-state index in [9.17, 15) is 22.4 Å². The number of hydrogen-bond donors (Lipinski definition) is 1. The third-order valence-electron chi connectivity index (χ3n) is 2.51. The minimum absolute atomic E-state index is 0.0821. The van der Waals surface area contributed by atoms with E-state index >= 15 is 0 Å². The molecule has 0 saturated carbocycles. The number of alkyl halides is 4. The number of rotatable bonds is 7. The van der Waals surface area contributed by atoms with Crippen molar-refractivity contribution in [1.82, 2.24) is 0 Å². The summed E-state index contributed by atoms with van der Waals surface area (Å²) < 4.78 is 58.0. The molecular weight excluding hydrogens is 294 g/mol. The van der Waals surface area contributed by atoms with Gasteiger partial charge in [-0.05, 0) is 24.6 Å². The van der Waals surface area contributed by atoms with Crippen LogP contribution in [-0.2, 0) is 9.53 Å². The second-order valence-corrected chi connectivity index (χ2v) is 4.15. The summed E-state index contributed by atoms with van der Waals surface area (Å²) in [7, 11) is 0. The quantitative estimate of drug-likeness (QED) is 0.621. The molecule has 4 nitrogen and oxygen atoms in total. The average Bonchev–Trinajstić information content (AvgIpc) is 2.39. The Morgan fingerprint density at radius 3 is 2.33 bits per heavy atom. The molecular formula is C13H15F4NO3. The van der Waals surface area contributed by atoms with Gasteiger partial charge >= 0.3 is 18.5 Å². The Bertz CT molecular complexity index is 465. The fourth-order valence-corrected chi connectivity index (χ4v) is 1.50. The van der Waals surface area contributed by atoms with Gasteiger partial charge in [0.1, 0.15) is 5.75 Å². The molecule has 1 aromatic rings. The molecule has 0 amide bonds. The van der Waals surface area contributed by atoms with Gasteiger partial charge in [-0.25, -0.2) is 0 Å². The van der Waals surface area contributed by atoms with Crippen molar-refractivity contribution in [1.29, 1.82) is 0 Å². The van der Waals surface area contributed by atoms with E-state index in [2.05, 4.69) is 4.74 Å². The highest BCUT2D eigenvalue weighted by atomic mass is 19.3. The lowest BCUT2D eigenvalue weighted by Crippen LogP contribution is -2.33. The van der Waals surface area contributed by atoms with E-state index in [4.69, 9.17) is 10.5 Å². The molecule has 8 heteroatoms. The Morgan fingerprint density at radius 2 is 1.86 bits per heavy atom. The predicted octanol–water partition coefficient (Wildman–Crippen LogP) is 2.88. The summed E-state index contributed by atoms with van der Waals surface area (Å²) in [5, 5.41) is 0. The van der Waals surface area contributed by atoms with Gasteiger partial charge in [-0.1, -0.05) is 12.1 Å². The Hall–Kier alpha value is -1.83. The van der Waals surface area contributed by atoms with Gasteiger partial charge in [0.2, 0.25) is 0 Å². The van der Waals surface area contributed by atoms with Gasteiger partial charge < -0.3 is 15.2 Å². The first-order chi connectivity index (χ1) is 9.76. The molecule has 118 valence electrons. The maximum atomic E-state index is 12.7. The molecule has 2 N–H and O–H groups in total. The highest BCUT2D eigenvalue weighted by Crippen LogP contribution is 2.28. The van der Waals surface area contributed by atoms with Crippen LogP contribution in [0, 0.1) is 0 Å². The molecule has 0 unspecified atom stereocenters. The van der Waals surface area contributed by atoms with Crippen LogP contribution in [0.1, 0.15) is 24.9 Å². The fourth-order valence-electron chi connectivity index (χ4n) is 1.50. The van der Waals surface area contributed by atoms with E-state index in [1.54, 1.807) is 6.92 Å². The summed E-state index contributed by atoms with van der Waals surface area (Å²) in [6.45, 7) is 1.87. The number of carbonyl (C=O) groups is 1. The normalized spacial score (nSPS) is 13.1. The molecule has 0 aliphatic rings. The van der Waals surface area contributed by atoms with Crippen LogP contribution in [0.15, 0.2) is 24.3 Å². The van der Waals surface area contributed by atoms with E-state index in [-0.39, 0.29) is 13.0 Å². The van der Waals surface area contributed by atoms with E-state index in [0.717, 1.165) is 12.1 Å². The topological polar surface area (TPSA) is 61.5 Å². The van der Waals surface area contributed by atoms with Gasteiger partial charge in [0.05, 0.1) is 13.0 Å². The van der Waals surface area contributed by atoms with Gasteiger partial charge in [0.15, 0.2) is 0 Å². The van der Waals surface area contributed by atoms with Crippen molar-refractivity contribution in [3.05, 3.63) is 29.8 Å². The molecule has 1 rings (SSSR count). The Kier molecular flexibility index (Phi) is 5.95. The molecule has 0 aliphatic carbocycles. The molecule has 0 aromatic heterocycles. The van der Waals surface area contributed by atoms with Gasteiger partial charge in [0.25, 0.3) is 0 Å². The zero-order valence-electron chi connectivity index (χ0n) is 11.2. The molecule has 0 radical (unpaired) electrons. The summed E-state index contributed by atoms with van der Waals surface area (Å²) in [6, 6.07) is 4.11. The lowest BCUT2D eigenvalue weighted by molar-refractivity contribution is -0.253. The van der Waals surface area contributed by atoms with Crippen molar-refractivity contribution in [2.45, 2.75) is 31.9 Å². The van der Waals surface area contributed by atoms with Crippen LogP contribution in [0.4, 0.5) is 17.6 Å². The van der Waals surface area contributed by atoms with Crippen molar-refractivity contribution >= 4 is 5.97 Å². The average molecular weight is 309 g/mol. The first-order valence-corrected chi connectivity index (χ1v) is 6.12. The van der Waals surface area contributed by atoms with Crippen LogP contribution in [0.3, 0.4) is 0 Å². The highest BCUT2D eigenvalue weighted by Gasteiger charge is 2.43. The molecule has 0 heterocycles. The van der Waals surface area contributed by atoms with Gasteiger partial charge in [-0.2, -0.15) is 17.6 Å². The third kappa shape index (κ3) is 5.22. The first-order valence-electron chi connectivity index (χ1n) is 6.12. The molecule has 0 spiro atoms. The Balaban J connectivity index is 2.67. The van der Waals surface area contributed by atoms with E-state index < -0.39 is 30.3 Å². The number of nitrogens with two attached hydrogens (primary N) is 1. The molecule has 21 heavy (non-hydrogen) atoms. The van der Waals surface area contributed by atoms with Crippen LogP contribution in [0.5, 0.6) is 5.75 Å². The maximum absolute atomic E-state index is 12.7. The van der Waals surface area contributed by atoms with Crippen LogP contribution in [-0.4, -0.2) is 25.1 Å². The van der Waals surface area contributed by atoms with Crippen LogP contribution < -0.4 is 10.5 Å². The van der Waals surface area contributed by atoms with Crippen molar-refractivity contribution in [3.8, 4) is 5.75 Å². The van der Waals surface area contributed by atoms with E-state index in [0.29, 0.717) is 5.56 Å². The lowest BCUT2D eigenvalue weighted by atomic mass is 10.0. The molecule has 0 aliphatic heterocycles. The highest BCUT2D eigenvalue weighted by molar-refractivity contribution is 5.70. The molecule has 0 saturated heterocycles. The van der Waals surface area contributed by atoms with Crippen LogP contribution >= 0.6 is 0 Å². The summed E-state index contributed by atoms with van der Waals surface area (Å²) in [5.74, 6) is -0.915. The molecule has 0 fully saturated rings. The standard InChI is InChI=1S/C13H15F4NO3/c1-2-20-11(19)7-10(18)8-3-5-9(6-4-8)21-13(16,17)12(14)15/h3-6,10,12H,2,7,18H2,1H3/t10-/m0/s1. The van der Waals surface area contributed by atoms with Crippen molar-refractivity contribution < 1.29 is 31.8 Å². The number of carbonyl (C=O) groups excluding carboxylic acids is 1. The van der Waals surface area contributed by atoms with Crippen molar-refractivity contribution in [3.63, 3.8) is 0 Å². The number of halogens is 4. The third-order valence-corrected chi connectivity index (χ3v) is 2.51. The van der Waals surface area contributed by atoms with Crippen molar-refractivity contribution in [2.75, 3.05) is 6.61 Å². The zero-order valence-corrected chi connectivity index (χ0v) is 11.2. The second-order valence-electron chi connectivity index (χ2n) is 4.15. The van der Waals surface area contributed by atoms with Crippen LogP contribution in [0.25, 0.3) is 0 Å². The monoisotopic (exact) mass is 309 g/mol. The number of ether oxygens (including phenoxy) is 2. The summed E-state index contributed by atoms with van der Waals surface area (Å²) in [5.41, 5.74) is 6.21. The lowest BCUT2D eigenvalue weighted by Gasteiger charge is -2.17. The second kappa shape index (κ2) is 7.26. The summed E-state index contributed by atoms with van der Waals surface area (Å²) >= 11 is 0. The number of benzene rings is 1. The maximum Gasteiger partial charge on any atom is 0.461 e. The minimum atomic E-state index is -4.56. The smallest absolute Gasteiger partial charge is 0.461 e. The summed E-state index contributed by atoms with van der Waals surface area (Å²) in [6.07, 6.45) is -8.57. The minimum Gasteiger partial charge on any atom is -0.466 e. The number of hydrogen-bond acceptors (Lipinski definition) is 4. The molecule has 1 aromatic carbocycles. The Labute approximate surface area is 118 Å². The van der Waals surface area contributed by atoms with Crippen LogP contribution in [0.2, 0.25) is 0 Å². The van der Waals surface area contributed by atoms with Gasteiger partial charge in [-0.3, -0.25) is 4.79 Å². The SMILES string of the molecule is CCOC(=O)C[C@H](N)c1ccc(OC(F)(F)C(F)F)cc1.